The van der Waals surface area contributed by atoms with Gasteiger partial charge in [-0.3, -0.25) is 4.79 Å². The average molecular weight is 472 g/mol. The summed E-state index contributed by atoms with van der Waals surface area (Å²) in [6.07, 6.45) is 0. The molecule has 0 unspecified atom stereocenters. The van der Waals surface area contributed by atoms with Crippen LogP contribution in [-0.4, -0.2) is 44.0 Å². The number of hydrogen-bond donors (Lipinski definition) is 0. The van der Waals surface area contributed by atoms with Gasteiger partial charge >= 0.3 is 0 Å². The third kappa shape index (κ3) is 5.41. The fourth-order valence-corrected chi connectivity index (χ4v) is 4.42. The summed E-state index contributed by atoms with van der Waals surface area (Å²) in [4.78, 5) is 16.1. The Morgan fingerprint density at radius 3 is 2.17 bits per heavy atom. The van der Waals surface area contributed by atoms with Crippen LogP contribution in [-0.2, 0) is 0 Å². The molecule has 0 saturated heterocycles. The van der Waals surface area contributed by atoms with E-state index in [0.29, 0.717) is 34.8 Å². The van der Waals surface area contributed by atoms with E-state index in [0.717, 1.165) is 47.5 Å². The van der Waals surface area contributed by atoms with E-state index in [1.807, 2.05) is 68.4 Å². The Morgan fingerprint density at radius 2 is 1.54 bits per heavy atom. The van der Waals surface area contributed by atoms with Gasteiger partial charge in [-0.25, -0.2) is 0 Å². The highest BCUT2D eigenvalue weighted by molar-refractivity contribution is 6.19. The van der Waals surface area contributed by atoms with E-state index in [4.69, 9.17) is 13.9 Å². The second kappa shape index (κ2) is 10.8. The molecule has 0 spiro atoms. The molecule has 0 amide bonds. The zero-order valence-corrected chi connectivity index (χ0v) is 21.2. The molecule has 0 aliphatic rings. The second-order valence-corrected chi connectivity index (χ2v) is 8.77. The number of hydrogen-bond acceptors (Lipinski definition) is 5. The van der Waals surface area contributed by atoms with Crippen molar-refractivity contribution in [3.63, 3.8) is 0 Å². The molecule has 3 aromatic carbocycles. The Labute approximate surface area is 207 Å². The molecule has 5 heteroatoms. The first-order chi connectivity index (χ1) is 16.9. The van der Waals surface area contributed by atoms with Crippen molar-refractivity contribution in [2.24, 2.45) is 0 Å². The molecule has 182 valence electrons. The highest BCUT2D eigenvalue weighted by atomic mass is 16.5. The molecule has 0 bridgehead atoms. The quantitative estimate of drug-likeness (QED) is 0.242. The average Bonchev–Trinajstić information content (AvgIpc) is 3.24. The predicted molar refractivity (Wildman–Crippen MR) is 141 cm³/mol. The second-order valence-electron chi connectivity index (χ2n) is 8.77. The SMILES string of the molecule is CCN(CC)CCOc1ccc(-c2oc3ccc(OC)cc3c2C(=O)c2cc(C)cc(C)c2)cc1. The first-order valence-corrected chi connectivity index (χ1v) is 12.1. The van der Waals surface area contributed by atoms with Crippen molar-refractivity contribution in [2.75, 3.05) is 33.4 Å². The van der Waals surface area contributed by atoms with Gasteiger partial charge in [0, 0.05) is 23.1 Å². The summed E-state index contributed by atoms with van der Waals surface area (Å²) >= 11 is 0. The summed E-state index contributed by atoms with van der Waals surface area (Å²) in [5.41, 5.74) is 4.75. The topological polar surface area (TPSA) is 51.9 Å². The fraction of sp³-hybridized carbons (Fsp3) is 0.300. The van der Waals surface area contributed by atoms with Crippen LogP contribution in [0.2, 0.25) is 0 Å². The lowest BCUT2D eigenvalue weighted by molar-refractivity contribution is 0.104. The molecule has 0 atom stereocenters. The van der Waals surface area contributed by atoms with E-state index in [1.165, 1.54) is 0 Å². The normalized spacial score (nSPS) is 11.3. The number of aryl methyl sites for hydroxylation is 2. The molecule has 5 nitrogen and oxygen atoms in total. The van der Waals surface area contributed by atoms with Crippen LogP contribution in [0.4, 0.5) is 0 Å². The Kier molecular flexibility index (Phi) is 7.57. The van der Waals surface area contributed by atoms with E-state index < -0.39 is 0 Å². The molecule has 1 heterocycles. The van der Waals surface area contributed by atoms with Crippen LogP contribution in [0, 0.1) is 13.8 Å². The van der Waals surface area contributed by atoms with Crippen LogP contribution in [0.3, 0.4) is 0 Å². The minimum atomic E-state index is -0.0710. The highest BCUT2D eigenvalue weighted by Gasteiger charge is 2.24. The fourth-order valence-electron chi connectivity index (χ4n) is 4.42. The van der Waals surface area contributed by atoms with Gasteiger partial charge in [0.05, 0.1) is 12.7 Å². The number of methoxy groups -OCH3 is 1. The minimum absolute atomic E-state index is 0.0710. The van der Waals surface area contributed by atoms with Gasteiger partial charge in [-0.15, -0.1) is 0 Å². The number of fused-ring (bicyclic) bond motifs is 1. The van der Waals surface area contributed by atoms with Crippen LogP contribution in [0.1, 0.15) is 40.9 Å². The van der Waals surface area contributed by atoms with Gasteiger partial charge in [0.2, 0.25) is 0 Å². The van der Waals surface area contributed by atoms with Crippen LogP contribution in [0.15, 0.2) is 65.1 Å². The maximum atomic E-state index is 13.8. The lowest BCUT2D eigenvalue weighted by atomic mass is 9.95. The van der Waals surface area contributed by atoms with Crippen molar-refractivity contribution in [2.45, 2.75) is 27.7 Å². The van der Waals surface area contributed by atoms with Gasteiger partial charge < -0.3 is 18.8 Å². The van der Waals surface area contributed by atoms with Crippen molar-refractivity contribution in [1.82, 2.24) is 4.90 Å². The maximum Gasteiger partial charge on any atom is 0.197 e. The molecule has 0 fully saturated rings. The molecule has 0 aliphatic carbocycles. The molecule has 0 N–H and O–H groups in total. The third-order valence-electron chi connectivity index (χ3n) is 6.29. The number of ether oxygens (including phenoxy) is 2. The van der Waals surface area contributed by atoms with E-state index in [1.54, 1.807) is 7.11 Å². The molecule has 0 aliphatic heterocycles. The Bertz CT molecular complexity index is 1300. The van der Waals surface area contributed by atoms with Crippen LogP contribution in [0.5, 0.6) is 11.5 Å². The maximum absolute atomic E-state index is 13.8. The van der Waals surface area contributed by atoms with Gasteiger partial charge in [0.1, 0.15) is 29.4 Å². The molecule has 4 rings (SSSR count). The van der Waals surface area contributed by atoms with Crippen LogP contribution >= 0.6 is 0 Å². The van der Waals surface area contributed by atoms with E-state index in [-0.39, 0.29) is 5.78 Å². The van der Waals surface area contributed by atoms with Gasteiger partial charge in [-0.2, -0.15) is 0 Å². The predicted octanol–water partition coefficient (Wildman–Crippen LogP) is 6.68. The number of likely N-dealkylation sites (N-methyl/N-ethyl adjacent to an activating group) is 1. The molecule has 0 saturated carbocycles. The summed E-state index contributed by atoms with van der Waals surface area (Å²) in [5, 5.41) is 0.739. The molecule has 1 aromatic heterocycles. The van der Waals surface area contributed by atoms with Gasteiger partial charge in [-0.1, -0.05) is 31.0 Å². The van der Waals surface area contributed by atoms with E-state index in [9.17, 15) is 4.79 Å². The Morgan fingerprint density at radius 1 is 0.886 bits per heavy atom. The lowest BCUT2D eigenvalue weighted by Gasteiger charge is -2.18. The zero-order valence-electron chi connectivity index (χ0n) is 21.2. The summed E-state index contributed by atoms with van der Waals surface area (Å²) in [7, 11) is 1.62. The van der Waals surface area contributed by atoms with Crippen molar-refractivity contribution in [3.05, 3.63) is 82.9 Å². The third-order valence-corrected chi connectivity index (χ3v) is 6.29. The standard InChI is InChI=1S/C30H33NO4/c1-6-31(7-2)14-15-34-24-10-8-22(9-11-24)30-28(26-19-25(33-5)12-13-27(26)35-30)29(32)23-17-20(3)16-21(4)18-23/h8-13,16-19H,6-7,14-15H2,1-5H3. The number of benzene rings is 3. The summed E-state index contributed by atoms with van der Waals surface area (Å²) in [5.74, 6) is 1.95. The summed E-state index contributed by atoms with van der Waals surface area (Å²) in [6.45, 7) is 11.8. The number of carbonyl (C=O) groups is 1. The van der Waals surface area contributed by atoms with Gasteiger partial charge in [-0.05, 0) is 81.5 Å². The number of nitrogens with zero attached hydrogens (tertiary/aromatic N) is 1. The van der Waals surface area contributed by atoms with Gasteiger partial charge in [0.25, 0.3) is 0 Å². The lowest BCUT2D eigenvalue weighted by Crippen LogP contribution is -2.27. The molecule has 35 heavy (non-hydrogen) atoms. The summed E-state index contributed by atoms with van der Waals surface area (Å²) in [6, 6.07) is 19.2. The minimum Gasteiger partial charge on any atom is -0.497 e. The van der Waals surface area contributed by atoms with Crippen molar-refractivity contribution < 1.29 is 18.7 Å². The molecular formula is C30H33NO4. The monoisotopic (exact) mass is 471 g/mol. The van der Waals surface area contributed by atoms with Crippen LogP contribution in [0.25, 0.3) is 22.3 Å². The first-order valence-electron chi connectivity index (χ1n) is 12.1. The van der Waals surface area contributed by atoms with Crippen molar-refractivity contribution >= 4 is 16.8 Å². The first kappa shape index (κ1) is 24.6. The Hall–Kier alpha value is -3.57. The number of ketones is 1. The zero-order chi connectivity index (χ0) is 24.9. The van der Waals surface area contributed by atoms with E-state index in [2.05, 4.69) is 24.8 Å². The van der Waals surface area contributed by atoms with E-state index >= 15 is 0 Å². The molecule has 4 aromatic rings. The van der Waals surface area contributed by atoms with Crippen LogP contribution < -0.4 is 9.47 Å². The largest absolute Gasteiger partial charge is 0.497 e. The number of furan rings is 1. The highest BCUT2D eigenvalue weighted by Crippen LogP contribution is 2.37. The molecule has 0 radical (unpaired) electrons. The molecular weight excluding hydrogens is 438 g/mol. The van der Waals surface area contributed by atoms with Crippen molar-refractivity contribution in [3.8, 4) is 22.8 Å². The smallest absolute Gasteiger partial charge is 0.197 e. The summed E-state index contributed by atoms with van der Waals surface area (Å²) < 4.78 is 17.6. The van der Waals surface area contributed by atoms with Crippen molar-refractivity contribution in [1.29, 1.82) is 0 Å². The Balaban J connectivity index is 1.71. The van der Waals surface area contributed by atoms with Gasteiger partial charge in [0.15, 0.2) is 5.78 Å². The number of rotatable bonds is 10. The number of carbonyl (C=O) groups excluding carboxylic acids is 1.